The first kappa shape index (κ1) is 23.8. The monoisotopic (exact) mass is 466 g/mol. The van der Waals surface area contributed by atoms with Crippen molar-refractivity contribution in [2.75, 3.05) is 26.8 Å². The second-order valence-corrected chi connectivity index (χ2v) is 8.77. The number of benzene rings is 2. The van der Waals surface area contributed by atoms with Crippen molar-refractivity contribution < 1.29 is 29.0 Å². The summed E-state index contributed by atoms with van der Waals surface area (Å²) in [4.78, 5) is 37.6. The van der Waals surface area contributed by atoms with Gasteiger partial charge in [0.1, 0.15) is 6.61 Å². The SMILES string of the molecule is CN(CCCCC(=O)O)C(=O)C1OCCC1NC(=O)OCC1c2ccccc2-c2ccccc21. The number of unbranched alkanes of at least 4 members (excludes halogenated alkanes) is 1. The van der Waals surface area contributed by atoms with Gasteiger partial charge in [-0.1, -0.05) is 48.5 Å². The predicted octanol–water partition coefficient (Wildman–Crippen LogP) is 3.40. The first-order valence-electron chi connectivity index (χ1n) is 11.7. The van der Waals surface area contributed by atoms with Crippen LogP contribution in [0.4, 0.5) is 4.79 Å². The van der Waals surface area contributed by atoms with Crippen molar-refractivity contribution in [3.05, 3.63) is 59.7 Å². The number of carbonyl (C=O) groups is 3. The molecule has 1 fully saturated rings. The Hall–Kier alpha value is -3.39. The zero-order chi connectivity index (χ0) is 24.1. The lowest BCUT2D eigenvalue weighted by Crippen LogP contribution is -2.49. The Morgan fingerprint density at radius 3 is 2.35 bits per heavy atom. The van der Waals surface area contributed by atoms with Gasteiger partial charge in [-0.05, 0) is 41.5 Å². The first-order chi connectivity index (χ1) is 16.5. The summed E-state index contributed by atoms with van der Waals surface area (Å²) < 4.78 is 11.2. The minimum absolute atomic E-state index is 0.0349. The molecule has 0 bridgehead atoms. The van der Waals surface area contributed by atoms with Gasteiger partial charge in [-0.15, -0.1) is 0 Å². The van der Waals surface area contributed by atoms with Gasteiger partial charge in [-0.2, -0.15) is 0 Å². The maximum atomic E-state index is 12.8. The molecule has 2 aliphatic rings. The van der Waals surface area contributed by atoms with Crippen molar-refractivity contribution in [3.8, 4) is 11.1 Å². The smallest absolute Gasteiger partial charge is 0.407 e. The van der Waals surface area contributed by atoms with Gasteiger partial charge in [-0.3, -0.25) is 9.59 Å². The molecule has 4 rings (SSSR count). The van der Waals surface area contributed by atoms with Crippen LogP contribution in [0.3, 0.4) is 0 Å². The van der Waals surface area contributed by atoms with Crippen molar-refractivity contribution in [1.29, 1.82) is 0 Å². The normalized spacial score (nSPS) is 18.7. The lowest BCUT2D eigenvalue weighted by atomic mass is 9.98. The highest BCUT2D eigenvalue weighted by Gasteiger charge is 2.37. The number of likely N-dealkylation sites (N-methyl/N-ethyl adjacent to an activating group) is 1. The van der Waals surface area contributed by atoms with E-state index in [9.17, 15) is 14.4 Å². The third-order valence-corrected chi connectivity index (χ3v) is 6.49. The van der Waals surface area contributed by atoms with E-state index in [4.69, 9.17) is 14.6 Å². The van der Waals surface area contributed by atoms with Gasteiger partial charge >= 0.3 is 12.1 Å². The quantitative estimate of drug-likeness (QED) is 0.549. The summed E-state index contributed by atoms with van der Waals surface area (Å²) in [7, 11) is 1.66. The molecule has 0 aromatic heterocycles. The van der Waals surface area contributed by atoms with E-state index >= 15 is 0 Å². The molecule has 2 atom stereocenters. The van der Waals surface area contributed by atoms with Crippen LogP contribution in [-0.4, -0.2) is 66.9 Å². The maximum absolute atomic E-state index is 12.8. The Morgan fingerprint density at radius 2 is 1.71 bits per heavy atom. The number of hydrogen-bond donors (Lipinski definition) is 2. The number of fused-ring (bicyclic) bond motifs is 3. The maximum Gasteiger partial charge on any atom is 0.407 e. The summed E-state index contributed by atoms with van der Waals surface area (Å²) in [5.74, 6) is -1.11. The molecule has 2 N–H and O–H groups in total. The molecule has 180 valence electrons. The van der Waals surface area contributed by atoms with E-state index in [1.165, 1.54) is 4.90 Å². The number of alkyl carbamates (subject to hydrolysis) is 1. The average molecular weight is 467 g/mol. The van der Waals surface area contributed by atoms with E-state index in [2.05, 4.69) is 29.6 Å². The second-order valence-electron chi connectivity index (χ2n) is 8.77. The third-order valence-electron chi connectivity index (χ3n) is 6.49. The highest BCUT2D eigenvalue weighted by Crippen LogP contribution is 2.44. The standard InChI is InChI=1S/C26H30N2O6/c1-28(14-7-6-12-23(29)30)25(31)24-22(13-15-33-24)27-26(32)34-16-21-19-10-4-2-8-17(19)18-9-3-5-11-20(18)21/h2-5,8-11,21-22,24H,6-7,12-16H2,1H3,(H,27,32)(H,29,30). The van der Waals surface area contributed by atoms with Crippen LogP contribution in [0, 0.1) is 0 Å². The number of hydrogen-bond acceptors (Lipinski definition) is 5. The molecule has 0 spiro atoms. The second kappa shape index (κ2) is 10.7. The Balaban J connectivity index is 1.31. The molecule has 0 saturated carbocycles. The van der Waals surface area contributed by atoms with Crippen LogP contribution >= 0.6 is 0 Å². The topological polar surface area (TPSA) is 105 Å². The zero-order valence-electron chi connectivity index (χ0n) is 19.2. The number of carbonyl (C=O) groups excluding carboxylic acids is 2. The minimum Gasteiger partial charge on any atom is -0.481 e. The molecule has 1 saturated heterocycles. The molecule has 2 amide bonds. The number of nitrogens with zero attached hydrogens (tertiary/aromatic N) is 1. The van der Waals surface area contributed by atoms with E-state index in [1.54, 1.807) is 7.05 Å². The molecule has 2 aromatic rings. The largest absolute Gasteiger partial charge is 0.481 e. The third kappa shape index (κ3) is 5.22. The molecule has 8 heteroatoms. The number of nitrogens with one attached hydrogen (secondary N) is 1. The molecule has 2 unspecified atom stereocenters. The number of carboxylic acid groups (broad SMARTS) is 1. The molecule has 8 nitrogen and oxygen atoms in total. The van der Waals surface area contributed by atoms with E-state index in [0.717, 1.165) is 22.3 Å². The van der Waals surface area contributed by atoms with E-state index in [-0.39, 0.29) is 24.9 Å². The van der Waals surface area contributed by atoms with Gasteiger partial charge in [0, 0.05) is 32.5 Å². The highest BCUT2D eigenvalue weighted by molar-refractivity contribution is 5.83. The number of ether oxygens (including phenoxy) is 2. The van der Waals surface area contributed by atoms with Gasteiger partial charge in [0.25, 0.3) is 5.91 Å². The fraction of sp³-hybridized carbons (Fsp3) is 0.423. The Bertz CT molecular complexity index is 1010. The summed E-state index contributed by atoms with van der Waals surface area (Å²) in [5.41, 5.74) is 4.60. The van der Waals surface area contributed by atoms with E-state index in [0.29, 0.717) is 32.4 Å². The summed E-state index contributed by atoms with van der Waals surface area (Å²) in [6, 6.07) is 15.8. The summed E-state index contributed by atoms with van der Waals surface area (Å²) >= 11 is 0. The van der Waals surface area contributed by atoms with Gasteiger partial charge in [0.15, 0.2) is 6.10 Å². The average Bonchev–Trinajstić information content (AvgIpc) is 3.42. The Labute approximate surface area is 198 Å². The van der Waals surface area contributed by atoms with Crippen molar-refractivity contribution >= 4 is 18.0 Å². The molecule has 1 aliphatic carbocycles. The van der Waals surface area contributed by atoms with Crippen LogP contribution in [0.1, 0.15) is 42.7 Å². The number of aliphatic carboxylic acids is 1. The summed E-state index contributed by atoms with van der Waals surface area (Å²) in [5, 5.41) is 11.5. The number of rotatable bonds is 9. The first-order valence-corrected chi connectivity index (χ1v) is 11.7. The van der Waals surface area contributed by atoms with Gasteiger partial charge < -0.3 is 24.8 Å². The van der Waals surface area contributed by atoms with Crippen molar-refractivity contribution in [1.82, 2.24) is 10.2 Å². The van der Waals surface area contributed by atoms with Crippen LogP contribution in [0.2, 0.25) is 0 Å². The molecule has 1 aliphatic heterocycles. The van der Waals surface area contributed by atoms with Crippen LogP contribution in [0.15, 0.2) is 48.5 Å². The zero-order valence-corrected chi connectivity index (χ0v) is 19.2. The predicted molar refractivity (Wildman–Crippen MR) is 125 cm³/mol. The van der Waals surface area contributed by atoms with Gasteiger partial charge in [-0.25, -0.2) is 4.79 Å². The molecule has 0 radical (unpaired) electrons. The number of amides is 2. The van der Waals surface area contributed by atoms with Crippen LogP contribution < -0.4 is 5.32 Å². The lowest BCUT2D eigenvalue weighted by Gasteiger charge is -2.25. The highest BCUT2D eigenvalue weighted by atomic mass is 16.6. The fourth-order valence-electron chi connectivity index (χ4n) is 4.72. The molecular formula is C26H30N2O6. The fourth-order valence-corrected chi connectivity index (χ4v) is 4.72. The van der Waals surface area contributed by atoms with Crippen molar-refractivity contribution in [3.63, 3.8) is 0 Å². The van der Waals surface area contributed by atoms with Gasteiger partial charge in [0.2, 0.25) is 0 Å². The van der Waals surface area contributed by atoms with Crippen LogP contribution in [0.5, 0.6) is 0 Å². The Morgan fingerprint density at radius 1 is 1.06 bits per heavy atom. The van der Waals surface area contributed by atoms with Gasteiger partial charge in [0.05, 0.1) is 6.04 Å². The summed E-state index contributed by atoms with van der Waals surface area (Å²) in [6.45, 7) is 1.01. The molecule has 1 heterocycles. The van der Waals surface area contributed by atoms with Crippen molar-refractivity contribution in [2.24, 2.45) is 0 Å². The Kier molecular flexibility index (Phi) is 7.47. The number of carboxylic acids is 1. The van der Waals surface area contributed by atoms with Crippen molar-refractivity contribution in [2.45, 2.75) is 43.7 Å². The van der Waals surface area contributed by atoms with E-state index in [1.807, 2.05) is 24.3 Å². The van der Waals surface area contributed by atoms with Crippen LogP contribution in [-0.2, 0) is 19.1 Å². The molecule has 34 heavy (non-hydrogen) atoms. The molecular weight excluding hydrogens is 436 g/mol. The summed E-state index contributed by atoms with van der Waals surface area (Å²) in [6.07, 6.45) is 0.344. The minimum atomic E-state index is -0.847. The lowest BCUT2D eigenvalue weighted by molar-refractivity contribution is -0.140. The van der Waals surface area contributed by atoms with E-state index < -0.39 is 24.2 Å². The van der Waals surface area contributed by atoms with Crippen LogP contribution in [0.25, 0.3) is 11.1 Å². The molecule has 2 aromatic carbocycles.